The molecule has 0 heterocycles. The van der Waals surface area contributed by atoms with Crippen LogP contribution in [0.15, 0.2) is 156 Å². The first-order valence-electron chi connectivity index (χ1n) is 17.0. The number of benzene rings is 6. The van der Waals surface area contributed by atoms with Crippen molar-refractivity contribution in [1.29, 1.82) is 0 Å². The molecule has 1 aliphatic rings. The Bertz CT molecular complexity index is 2510. The molecule has 0 aromatic heterocycles. The Balaban J connectivity index is 1.11. The number of anilines is 2. The normalized spacial score (nSPS) is 12.6. The van der Waals surface area contributed by atoms with Gasteiger partial charge < -0.3 is 16.0 Å². The second kappa shape index (κ2) is 16.4. The highest BCUT2D eigenvalue weighted by molar-refractivity contribution is 8.00. The quantitative estimate of drug-likeness (QED) is 0.0939. The van der Waals surface area contributed by atoms with Crippen molar-refractivity contribution in [3.05, 3.63) is 200 Å². The number of hydrogen-bond acceptors (Lipinski definition) is 6. The molecule has 0 spiro atoms. The van der Waals surface area contributed by atoms with Crippen molar-refractivity contribution in [1.82, 2.24) is 5.32 Å². The Hall–Kier alpha value is -6.26. The van der Waals surface area contributed by atoms with E-state index in [1.165, 1.54) is 17.8 Å². The van der Waals surface area contributed by atoms with Gasteiger partial charge in [-0.25, -0.2) is 0 Å². The third kappa shape index (κ3) is 8.14. The van der Waals surface area contributed by atoms with E-state index in [-0.39, 0.29) is 49.7 Å². The zero-order chi connectivity index (χ0) is 38.5. The first-order chi connectivity index (χ1) is 26.7. The van der Waals surface area contributed by atoms with Crippen LogP contribution < -0.4 is 16.0 Å². The zero-order valence-corrected chi connectivity index (χ0v) is 31.0. The van der Waals surface area contributed by atoms with Gasteiger partial charge in [-0.3, -0.25) is 24.0 Å². The minimum atomic E-state index is -0.760. The first kappa shape index (κ1) is 37.1. The van der Waals surface area contributed by atoms with Crippen molar-refractivity contribution >= 4 is 81.7 Å². The molecule has 0 saturated heterocycles. The molecule has 270 valence electrons. The number of thioether (sulfide) groups is 1. The minimum absolute atomic E-state index is 0.0657. The lowest BCUT2D eigenvalue weighted by Gasteiger charge is -2.22. The van der Waals surface area contributed by atoms with Gasteiger partial charge in [0.25, 0.3) is 11.8 Å². The molecule has 0 radical (unpaired) electrons. The summed E-state index contributed by atoms with van der Waals surface area (Å²) >= 11 is 13.9. The number of carbonyl (C=O) groups is 5. The van der Waals surface area contributed by atoms with Crippen LogP contribution in [-0.4, -0.2) is 29.3 Å². The van der Waals surface area contributed by atoms with E-state index < -0.39 is 23.0 Å². The summed E-state index contributed by atoms with van der Waals surface area (Å²) in [4.78, 5) is 68.4. The van der Waals surface area contributed by atoms with Gasteiger partial charge in [0, 0.05) is 32.8 Å². The smallest absolute Gasteiger partial charge is 0.272 e. The Labute approximate surface area is 330 Å². The fourth-order valence-electron chi connectivity index (χ4n) is 6.03. The van der Waals surface area contributed by atoms with Crippen LogP contribution in [0, 0.1) is 0 Å². The van der Waals surface area contributed by atoms with Gasteiger partial charge >= 0.3 is 0 Å². The minimum Gasteiger partial charge on any atom is -0.324 e. The largest absolute Gasteiger partial charge is 0.324 e. The van der Waals surface area contributed by atoms with Gasteiger partial charge in [0.2, 0.25) is 5.91 Å². The Morgan fingerprint density at radius 2 is 1.24 bits per heavy atom. The predicted molar refractivity (Wildman–Crippen MR) is 217 cm³/mol. The average Bonchev–Trinajstić information content (AvgIpc) is 3.21. The summed E-state index contributed by atoms with van der Waals surface area (Å²) in [6.45, 7) is 0. The van der Waals surface area contributed by atoms with Crippen LogP contribution in [0.25, 0.3) is 6.08 Å². The van der Waals surface area contributed by atoms with Crippen molar-refractivity contribution in [3.8, 4) is 0 Å². The number of carbonyl (C=O) groups excluding carboxylic acids is 5. The van der Waals surface area contributed by atoms with Crippen LogP contribution in [0.5, 0.6) is 0 Å². The van der Waals surface area contributed by atoms with Gasteiger partial charge in [-0.1, -0.05) is 120 Å². The molecule has 6 aromatic rings. The maximum Gasteiger partial charge on any atom is 0.272 e. The molecule has 7 rings (SSSR count). The van der Waals surface area contributed by atoms with Crippen LogP contribution >= 0.6 is 35.0 Å². The average molecular weight is 783 g/mol. The first-order valence-corrected chi connectivity index (χ1v) is 18.6. The van der Waals surface area contributed by atoms with Gasteiger partial charge in [-0.05, 0) is 65.7 Å². The lowest BCUT2D eigenvalue weighted by molar-refractivity contribution is -0.116. The molecule has 8 nitrogen and oxygen atoms in total. The Kier molecular flexibility index (Phi) is 11.1. The second-order valence-corrected chi connectivity index (χ2v) is 14.3. The molecule has 0 aliphatic heterocycles. The second-order valence-electron chi connectivity index (χ2n) is 12.3. The van der Waals surface area contributed by atoms with Crippen molar-refractivity contribution in [2.24, 2.45) is 0 Å². The van der Waals surface area contributed by atoms with E-state index >= 15 is 0 Å². The third-order valence-corrected chi connectivity index (χ3v) is 10.8. The molecular weight excluding hydrogens is 753 g/mol. The SMILES string of the molecule is O=C(Nc1ccc(SC(C(=O)Nc2cccc3c2C(=O)c2ccccc2C3=O)c2ccccc2)cc1)/C(=C/c1cccc(Cl)c1Cl)NC(=O)c1ccccc1. The predicted octanol–water partition coefficient (Wildman–Crippen LogP) is 9.65. The van der Waals surface area contributed by atoms with Crippen LogP contribution in [-0.2, 0) is 9.59 Å². The molecule has 0 saturated carbocycles. The van der Waals surface area contributed by atoms with Crippen LogP contribution in [0.2, 0.25) is 10.0 Å². The van der Waals surface area contributed by atoms with E-state index in [2.05, 4.69) is 16.0 Å². The lowest BCUT2D eigenvalue weighted by atomic mass is 9.83. The van der Waals surface area contributed by atoms with Gasteiger partial charge in [0.05, 0.1) is 21.3 Å². The molecule has 1 atom stereocenters. The molecule has 1 unspecified atom stereocenters. The number of hydrogen-bond donors (Lipinski definition) is 3. The molecule has 1 aliphatic carbocycles. The molecule has 6 aromatic carbocycles. The van der Waals surface area contributed by atoms with Crippen molar-refractivity contribution in [2.75, 3.05) is 10.6 Å². The summed E-state index contributed by atoms with van der Waals surface area (Å²) in [6.07, 6.45) is 1.45. The van der Waals surface area contributed by atoms with Gasteiger partial charge in [-0.15, -0.1) is 11.8 Å². The molecular formula is C44H29Cl2N3O5S. The maximum absolute atomic E-state index is 14.1. The summed E-state index contributed by atoms with van der Waals surface area (Å²) in [5.41, 5.74) is 3.11. The number of halogens is 2. The highest BCUT2D eigenvalue weighted by Crippen LogP contribution is 2.38. The number of rotatable bonds is 10. The lowest BCUT2D eigenvalue weighted by Crippen LogP contribution is -2.30. The highest BCUT2D eigenvalue weighted by atomic mass is 35.5. The number of nitrogens with one attached hydrogen (secondary N) is 3. The Morgan fingerprint density at radius 1 is 0.618 bits per heavy atom. The monoisotopic (exact) mass is 781 g/mol. The summed E-state index contributed by atoms with van der Waals surface area (Å²) in [7, 11) is 0. The maximum atomic E-state index is 14.1. The van der Waals surface area contributed by atoms with E-state index in [1.807, 2.05) is 30.3 Å². The van der Waals surface area contributed by atoms with E-state index in [9.17, 15) is 24.0 Å². The Morgan fingerprint density at radius 3 is 1.95 bits per heavy atom. The van der Waals surface area contributed by atoms with Crippen LogP contribution in [0.1, 0.15) is 58.6 Å². The molecule has 3 N–H and O–H groups in total. The van der Waals surface area contributed by atoms with Crippen molar-refractivity contribution in [2.45, 2.75) is 10.1 Å². The van der Waals surface area contributed by atoms with Gasteiger partial charge in [0.15, 0.2) is 11.6 Å². The third-order valence-electron chi connectivity index (χ3n) is 8.73. The van der Waals surface area contributed by atoms with E-state index in [0.29, 0.717) is 32.8 Å². The van der Waals surface area contributed by atoms with Crippen molar-refractivity contribution < 1.29 is 24.0 Å². The summed E-state index contributed by atoms with van der Waals surface area (Å²) in [6, 6.07) is 41.0. The molecule has 11 heteroatoms. The van der Waals surface area contributed by atoms with Gasteiger partial charge in [-0.2, -0.15) is 0 Å². The fraction of sp³-hybridized carbons (Fsp3) is 0.0227. The standard InChI is InChI=1S/C44H29Cl2N3O5S/c45-34-19-9-15-28(38(34)46)25-36(49-42(52)27-13-5-2-6-14-27)43(53)47-29-21-23-30(24-22-29)55-41(26-11-3-1-4-12-26)44(54)48-35-20-10-18-33-37(35)40(51)32-17-8-7-16-31(32)39(33)50/h1-25,41H,(H,47,53)(H,48,54)(H,49,52)/b36-25-. The molecule has 55 heavy (non-hydrogen) atoms. The summed E-state index contributed by atoms with van der Waals surface area (Å²) in [5, 5.41) is 8.18. The fourth-order valence-corrected chi connectivity index (χ4v) is 7.42. The van der Waals surface area contributed by atoms with E-state index in [1.54, 1.807) is 115 Å². The topological polar surface area (TPSA) is 121 Å². The number of ketones is 2. The van der Waals surface area contributed by atoms with Gasteiger partial charge in [0.1, 0.15) is 10.9 Å². The van der Waals surface area contributed by atoms with Crippen LogP contribution in [0.3, 0.4) is 0 Å². The molecule has 3 amide bonds. The van der Waals surface area contributed by atoms with Crippen LogP contribution in [0.4, 0.5) is 11.4 Å². The summed E-state index contributed by atoms with van der Waals surface area (Å²) < 4.78 is 0. The molecule has 0 bridgehead atoms. The summed E-state index contributed by atoms with van der Waals surface area (Å²) in [5.74, 6) is -2.12. The number of amides is 3. The van der Waals surface area contributed by atoms with Crippen molar-refractivity contribution in [3.63, 3.8) is 0 Å². The highest BCUT2D eigenvalue weighted by Gasteiger charge is 2.33. The van der Waals surface area contributed by atoms with E-state index in [4.69, 9.17) is 23.2 Å². The zero-order valence-electron chi connectivity index (χ0n) is 28.7. The van der Waals surface area contributed by atoms with E-state index in [0.717, 1.165) is 0 Å². The molecule has 0 fully saturated rings. The number of fused-ring (bicyclic) bond motifs is 2.